The third kappa shape index (κ3) is 4.00. The van der Waals surface area contributed by atoms with Gasteiger partial charge in [-0.2, -0.15) is 0 Å². The predicted octanol–water partition coefficient (Wildman–Crippen LogP) is 2.77. The van der Waals surface area contributed by atoms with E-state index in [1.54, 1.807) is 11.8 Å². The van der Waals surface area contributed by atoms with Gasteiger partial charge in [0.15, 0.2) is 0 Å². The van der Waals surface area contributed by atoms with Crippen molar-refractivity contribution in [3.63, 3.8) is 0 Å². The van der Waals surface area contributed by atoms with E-state index in [1.165, 1.54) is 4.90 Å². The molecule has 1 N–H and O–H groups in total. The zero-order chi connectivity index (χ0) is 13.0. The maximum Gasteiger partial charge on any atom is 0.106 e. The lowest BCUT2D eigenvalue weighted by Gasteiger charge is -2.34. The normalized spacial score (nSPS) is 16.9. The lowest BCUT2D eigenvalue weighted by atomic mass is 10.3. The van der Waals surface area contributed by atoms with Crippen molar-refractivity contribution in [2.75, 3.05) is 39.0 Å². The monoisotopic (exact) mass is 327 g/mol. The van der Waals surface area contributed by atoms with Gasteiger partial charge in [0.1, 0.15) is 5.84 Å². The zero-order valence-electron chi connectivity index (χ0n) is 10.5. The van der Waals surface area contributed by atoms with Crippen LogP contribution in [0.15, 0.2) is 33.6 Å². The van der Waals surface area contributed by atoms with Crippen LogP contribution >= 0.6 is 27.7 Å². The van der Waals surface area contributed by atoms with Crippen molar-refractivity contribution in [3.05, 3.63) is 28.7 Å². The van der Waals surface area contributed by atoms with E-state index in [2.05, 4.69) is 44.9 Å². The highest BCUT2D eigenvalue weighted by Crippen LogP contribution is 2.21. The average Bonchev–Trinajstić information content (AvgIpc) is 2.38. The fraction of sp³-hybridized carbons (Fsp3) is 0.462. The number of benzene rings is 1. The van der Waals surface area contributed by atoms with Crippen LogP contribution in [0.5, 0.6) is 0 Å². The van der Waals surface area contributed by atoms with Gasteiger partial charge in [0.25, 0.3) is 0 Å². The minimum atomic E-state index is 0.746. The van der Waals surface area contributed by atoms with Gasteiger partial charge in [0.05, 0.1) is 5.75 Å². The maximum atomic E-state index is 8.12. The van der Waals surface area contributed by atoms with Gasteiger partial charge < -0.3 is 9.80 Å². The Morgan fingerprint density at radius 1 is 1.22 bits per heavy atom. The third-order valence-corrected chi connectivity index (χ3v) is 4.63. The molecule has 2 rings (SSSR count). The summed E-state index contributed by atoms with van der Waals surface area (Å²) >= 11 is 5.16. The van der Waals surface area contributed by atoms with Crippen molar-refractivity contribution in [3.8, 4) is 0 Å². The summed E-state index contributed by atoms with van der Waals surface area (Å²) in [6, 6.07) is 8.27. The highest BCUT2D eigenvalue weighted by Gasteiger charge is 2.16. The summed E-state index contributed by atoms with van der Waals surface area (Å²) in [6.07, 6.45) is 0. The first-order chi connectivity index (χ1) is 8.65. The van der Waals surface area contributed by atoms with Crippen LogP contribution in [0, 0.1) is 5.41 Å². The van der Waals surface area contributed by atoms with Gasteiger partial charge >= 0.3 is 0 Å². The second-order valence-corrected chi connectivity index (χ2v) is 6.44. The van der Waals surface area contributed by atoms with E-state index >= 15 is 0 Å². The molecule has 1 heterocycles. The van der Waals surface area contributed by atoms with Crippen LogP contribution in [0.2, 0.25) is 0 Å². The van der Waals surface area contributed by atoms with Gasteiger partial charge in [-0.05, 0) is 31.3 Å². The summed E-state index contributed by atoms with van der Waals surface area (Å²) in [5, 5.41) is 8.12. The lowest BCUT2D eigenvalue weighted by Crippen LogP contribution is -2.47. The molecule has 18 heavy (non-hydrogen) atoms. The Labute approximate surface area is 121 Å². The molecule has 0 spiro atoms. The van der Waals surface area contributed by atoms with E-state index in [1.807, 2.05) is 12.1 Å². The van der Waals surface area contributed by atoms with Gasteiger partial charge in [0.2, 0.25) is 0 Å². The van der Waals surface area contributed by atoms with Crippen LogP contribution < -0.4 is 0 Å². The Hall–Kier alpha value is -0.520. The van der Waals surface area contributed by atoms with Gasteiger partial charge in [-0.25, -0.2) is 0 Å². The summed E-state index contributed by atoms with van der Waals surface area (Å²) in [6.45, 7) is 4.09. The fourth-order valence-corrected chi connectivity index (χ4v) is 2.93. The number of halogens is 1. The van der Waals surface area contributed by atoms with E-state index in [-0.39, 0.29) is 0 Å². The van der Waals surface area contributed by atoms with Gasteiger partial charge in [-0.3, -0.25) is 5.41 Å². The number of rotatable bonds is 3. The molecule has 0 amide bonds. The Bertz CT molecular complexity index is 399. The minimum absolute atomic E-state index is 0.746. The van der Waals surface area contributed by atoms with Crippen LogP contribution in [0.4, 0.5) is 0 Å². The average molecular weight is 328 g/mol. The number of amidine groups is 1. The molecular formula is C13H18BrN3S. The molecule has 3 nitrogen and oxygen atoms in total. The number of piperazine rings is 1. The standard InChI is InChI=1S/C13H18BrN3S/c1-16-6-8-17(9-7-16)13(15)10-18-12-4-2-11(14)3-5-12/h2-5,15H,6-10H2,1H3. The first-order valence-electron chi connectivity index (χ1n) is 6.04. The molecule has 0 aromatic heterocycles. The molecule has 0 aliphatic carbocycles. The molecule has 1 saturated heterocycles. The largest absolute Gasteiger partial charge is 0.357 e. The molecule has 1 aliphatic heterocycles. The molecule has 0 bridgehead atoms. The van der Waals surface area contributed by atoms with Gasteiger partial charge in [-0.1, -0.05) is 15.9 Å². The molecule has 1 fully saturated rings. The van der Waals surface area contributed by atoms with E-state index in [0.717, 1.165) is 42.2 Å². The van der Waals surface area contributed by atoms with Crippen LogP contribution in [0.1, 0.15) is 0 Å². The van der Waals surface area contributed by atoms with Crippen molar-refractivity contribution in [1.29, 1.82) is 5.41 Å². The van der Waals surface area contributed by atoms with Crippen LogP contribution in [-0.2, 0) is 0 Å². The van der Waals surface area contributed by atoms with Crippen molar-refractivity contribution >= 4 is 33.5 Å². The van der Waals surface area contributed by atoms with Gasteiger partial charge in [-0.15, -0.1) is 11.8 Å². The van der Waals surface area contributed by atoms with Crippen LogP contribution in [0.3, 0.4) is 0 Å². The molecule has 1 aromatic rings. The van der Waals surface area contributed by atoms with E-state index in [4.69, 9.17) is 5.41 Å². The molecule has 0 unspecified atom stereocenters. The number of hydrogen-bond donors (Lipinski definition) is 1. The third-order valence-electron chi connectivity index (χ3n) is 3.07. The lowest BCUT2D eigenvalue weighted by molar-refractivity contribution is 0.214. The molecule has 1 aromatic carbocycles. The summed E-state index contributed by atoms with van der Waals surface area (Å²) < 4.78 is 1.10. The second kappa shape index (κ2) is 6.59. The minimum Gasteiger partial charge on any atom is -0.357 e. The summed E-state index contributed by atoms with van der Waals surface area (Å²) in [5.74, 6) is 1.50. The molecule has 5 heteroatoms. The molecule has 0 atom stereocenters. The molecule has 1 aliphatic rings. The first kappa shape index (κ1) is 13.9. The highest BCUT2D eigenvalue weighted by molar-refractivity contribution is 9.10. The van der Waals surface area contributed by atoms with Crippen LogP contribution in [0.25, 0.3) is 0 Å². The number of hydrogen-bond acceptors (Lipinski definition) is 3. The van der Waals surface area contributed by atoms with E-state index in [0.29, 0.717) is 0 Å². The van der Waals surface area contributed by atoms with E-state index in [9.17, 15) is 0 Å². The number of nitrogens with zero attached hydrogens (tertiary/aromatic N) is 2. The number of likely N-dealkylation sites (N-methyl/N-ethyl adjacent to an activating group) is 1. The Balaban J connectivity index is 1.79. The zero-order valence-corrected chi connectivity index (χ0v) is 12.9. The Kier molecular flexibility index (Phi) is 5.09. The Morgan fingerprint density at radius 3 is 2.44 bits per heavy atom. The summed E-state index contributed by atoms with van der Waals surface area (Å²) in [4.78, 5) is 5.72. The predicted molar refractivity (Wildman–Crippen MR) is 81.7 cm³/mol. The summed E-state index contributed by atoms with van der Waals surface area (Å²) in [5.41, 5.74) is 0. The second-order valence-electron chi connectivity index (χ2n) is 4.48. The van der Waals surface area contributed by atoms with Crippen molar-refractivity contribution < 1.29 is 0 Å². The van der Waals surface area contributed by atoms with Crippen molar-refractivity contribution in [2.45, 2.75) is 4.90 Å². The molecule has 0 radical (unpaired) electrons. The van der Waals surface area contributed by atoms with Crippen molar-refractivity contribution in [2.24, 2.45) is 0 Å². The van der Waals surface area contributed by atoms with Crippen LogP contribution in [-0.4, -0.2) is 54.6 Å². The van der Waals surface area contributed by atoms with E-state index < -0.39 is 0 Å². The molecule has 98 valence electrons. The number of thioether (sulfide) groups is 1. The maximum absolute atomic E-state index is 8.12. The quantitative estimate of drug-likeness (QED) is 0.526. The molecular weight excluding hydrogens is 310 g/mol. The Morgan fingerprint density at radius 2 is 1.83 bits per heavy atom. The topological polar surface area (TPSA) is 30.3 Å². The fourth-order valence-electron chi connectivity index (χ4n) is 1.85. The first-order valence-corrected chi connectivity index (χ1v) is 7.82. The molecule has 0 saturated carbocycles. The smallest absolute Gasteiger partial charge is 0.106 e. The number of nitrogens with one attached hydrogen (secondary N) is 1. The SMILES string of the molecule is CN1CCN(C(=N)CSc2ccc(Br)cc2)CC1. The van der Waals surface area contributed by atoms with Gasteiger partial charge in [0, 0.05) is 35.5 Å². The highest BCUT2D eigenvalue weighted by atomic mass is 79.9. The summed E-state index contributed by atoms with van der Waals surface area (Å²) in [7, 11) is 2.14. The van der Waals surface area contributed by atoms with Crippen molar-refractivity contribution in [1.82, 2.24) is 9.80 Å².